The quantitative estimate of drug-likeness (QED) is 0.378. The first-order valence-corrected chi connectivity index (χ1v) is 15.3. The molecule has 0 heterocycles. The summed E-state index contributed by atoms with van der Waals surface area (Å²) in [5.41, 5.74) is 4.82. The van der Waals surface area contributed by atoms with E-state index in [9.17, 15) is 17.9 Å². The van der Waals surface area contributed by atoms with E-state index >= 15 is 0 Å². The summed E-state index contributed by atoms with van der Waals surface area (Å²) in [7, 11) is -4.08. The second-order valence-electron chi connectivity index (χ2n) is 10.4. The summed E-state index contributed by atoms with van der Waals surface area (Å²) in [5, 5.41) is 9.08. The Labute approximate surface area is 223 Å². The Morgan fingerprint density at radius 3 is 2.59 bits per heavy atom. The van der Waals surface area contributed by atoms with Crippen molar-refractivity contribution in [1.29, 1.82) is 0 Å². The Bertz CT molecular complexity index is 1170. The largest absolute Gasteiger partial charge is 0.388 e. The fourth-order valence-corrected chi connectivity index (χ4v) is 7.22. The van der Waals surface area contributed by atoms with Gasteiger partial charge in [-0.05, 0) is 105 Å². The van der Waals surface area contributed by atoms with E-state index in [1.165, 1.54) is 29.4 Å². The van der Waals surface area contributed by atoms with Crippen molar-refractivity contribution in [3.63, 3.8) is 0 Å². The molecule has 3 unspecified atom stereocenters. The van der Waals surface area contributed by atoms with Crippen LogP contribution in [0.1, 0.15) is 85.0 Å². The highest BCUT2D eigenvalue weighted by Gasteiger charge is 2.42. The molecule has 0 radical (unpaired) electrons. The summed E-state index contributed by atoms with van der Waals surface area (Å²) in [6.45, 7) is 10.4. The summed E-state index contributed by atoms with van der Waals surface area (Å²) in [6, 6.07) is 7.76. The molecule has 2 saturated carbocycles. The third-order valence-corrected chi connectivity index (χ3v) is 9.80. The van der Waals surface area contributed by atoms with Gasteiger partial charge >= 0.3 is 0 Å². The lowest BCUT2D eigenvalue weighted by molar-refractivity contribution is 0.184. The first kappa shape index (κ1) is 29.3. The van der Waals surface area contributed by atoms with Crippen LogP contribution in [0.5, 0.6) is 0 Å². The normalized spacial score (nSPS) is 28.8. The average Bonchev–Trinajstić information content (AvgIpc) is 2.91. The summed E-state index contributed by atoms with van der Waals surface area (Å²) >= 11 is 0. The van der Waals surface area contributed by atoms with Gasteiger partial charge in [-0.2, -0.15) is 4.39 Å². The number of benzene rings is 1. The minimum Gasteiger partial charge on any atom is -0.388 e. The van der Waals surface area contributed by atoms with Crippen molar-refractivity contribution in [2.24, 2.45) is 11.3 Å². The van der Waals surface area contributed by atoms with Crippen LogP contribution < -0.4 is 0 Å². The third-order valence-electron chi connectivity index (χ3n) is 8.22. The minimum atomic E-state index is -4.08. The van der Waals surface area contributed by atoms with E-state index in [0.717, 1.165) is 62.5 Å². The molecule has 4 rings (SSSR count). The topological polar surface area (TPSA) is 54.4 Å². The first-order chi connectivity index (χ1) is 17.7. The van der Waals surface area contributed by atoms with Crippen LogP contribution in [0.15, 0.2) is 93.6 Å². The molecular weight excluding hydrogens is 483 g/mol. The van der Waals surface area contributed by atoms with E-state index in [2.05, 4.69) is 31.7 Å². The maximum Gasteiger partial charge on any atom is 0.232 e. The molecule has 202 valence electrons. The van der Waals surface area contributed by atoms with Crippen molar-refractivity contribution in [1.82, 2.24) is 0 Å². The molecule has 0 aliphatic heterocycles. The molecule has 0 saturated heterocycles. The van der Waals surface area contributed by atoms with Gasteiger partial charge in [0.25, 0.3) is 0 Å². The van der Waals surface area contributed by atoms with E-state index in [0.29, 0.717) is 18.8 Å². The predicted molar refractivity (Wildman–Crippen MR) is 151 cm³/mol. The van der Waals surface area contributed by atoms with Gasteiger partial charge in [0, 0.05) is 0 Å². The maximum absolute atomic E-state index is 14.7. The molecule has 3 nitrogen and oxygen atoms in total. The van der Waals surface area contributed by atoms with Crippen molar-refractivity contribution in [2.45, 2.75) is 96.0 Å². The Morgan fingerprint density at radius 1 is 1.14 bits per heavy atom. The van der Waals surface area contributed by atoms with Crippen molar-refractivity contribution >= 4 is 9.84 Å². The standard InChI is InChI=1S/C30H37FO3S.C2H6/c1-22-23(10-6-17-28(22)32)19-20-24-11-9-21-30(2)25(12-7-16-27(24)30)13-8-18-29(31)35(33,34)26-14-4-3-5-15-26;1-2/h3-5,12,14-15,18-20,27-28,32H,1,6-11,13,16-17,21H2,2H3;1-2H3/b23-19-,24-20+,29-18-;. The van der Waals surface area contributed by atoms with Gasteiger partial charge in [0.2, 0.25) is 15.0 Å². The number of allylic oxidation sites excluding steroid dienone is 6. The van der Waals surface area contributed by atoms with Crippen LogP contribution in [-0.4, -0.2) is 19.6 Å². The average molecular weight is 527 g/mol. The monoisotopic (exact) mass is 526 g/mol. The van der Waals surface area contributed by atoms with Crippen LogP contribution in [0, 0.1) is 11.3 Å². The highest BCUT2D eigenvalue weighted by atomic mass is 32.2. The van der Waals surface area contributed by atoms with Crippen molar-refractivity contribution < 1.29 is 17.9 Å². The van der Waals surface area contributed by atoms with Crippen LogP contribution in [0.4, 0.5) is 4.39 Å². The predicted octanol–water partition coefficient (Wildman–Crippen LogP) is 8.56. The highest BCUT2D eigenvalue weighted by molar-refractivity contribution is 7.95. The van der Waals surface area contributed by atoms with Crippen LogP contribution in [0.25, 0.3) is 0 Å². The molecule has 1 aromatic rings. The number of fused-ring (bicyclic) bond motifs is 1. The SMILES string of the molecule is C=C1/C(=C\C=C2/CCCC3(C)C(CC/C=C(/F)S(=O)(=O)c4ccccc4)=CCCC23)CCCC1O.CC. The fraction of sp³-hybridized carbons (Fsp3) is 0.500. The summed E-state index contributed by atoms with van der Waals surface area (Å²) in [6.07, 6.45) is 16.7. The number of sulfone groups is 1. The van der Waals surface area contributed by atoms with Crippen LogP contribution in [0.2, 0.25) is 0 Å². The second kappa shape index (κ2) is 13.0. The lowest BCUT2D eigenvalue weighted by Gasteiger charge is -2.47. The number of aliphatic hydroxyl groups is 1. The van der Waals surface area contributed by atoms with E-state index in [-0.39, 0.29) is 10.3 Å². The lowest BCUT2D eigenvalue weighted by Crippen LogP contribution is -2.36. The summed E-state index contributed by atoms with van der Waals surface area (Å²) in [5.74, 6) is 0.441. The molecule has 1 aromatic carbocycles. The zero-order chi connectivity index (χ0) is 27.1. The zero-order valence-corrected chi connectivity index (χ0v) is 23.5. The molecule has 0 spiro atoms. The second-order valence-corrected chi connectivity index (χ2v) is 12.2. The van der Waals surface area contributed by atoms with Gasteiger partial charge in [0.15, 0.2) is 0 Å². The van der Waals surface area contributed by atoms with Crippen molar-refractivity contribution in [2.75, 3.05) is 0 Å². The number of rotatable bonds is 6. The lowest BCUT2D eigenvalue weighted by atomic mass is 9.57. The fourth-order valence-electron chi connectivity index (χ4n) is 6.15. The molecule has 0 amide bonds. The van der Waals surface area contributed by atoms with Gasteiger partial charge < -0.3 is 5.11 Å². The Kier molecular flexibility index (Phi) is 10.3. The molecule has 3 aliphatic rings. The molecular formula is C32H43FO3S. The molecule has 3 atom stereocenters. The minimum absolute atomic E-state index is 0.0120. The van der Waals surface area contributed by atoms with Crippen LogP contribution >= 0.6 is 0 Å². The Hall–Kier alpha value is -2.24. The van der Waals surface area contributed by atoms with E-state index < -0.39 is 21.1 Å². The number of hydrogen-bond donors (Lipinski definition) is 1. The molecule has 5 heteroatoms. The van der Waals surface area contributed by atoms with Crippen LogP contribution in [0.3, 0.4) is 0 Å². The van der Waals surface area contributed by atoms with Crippen molar-refractivity contribution in [3.8, 4) is 0 Å². The highest BCUT2D eigenvalue weighted by Crippen LogP contribution is 2.54. The Morgan fingerprint density at radius 2 is 1.86 bits per heavy atom. The molecule has 37 heavy (non-hydrogen) atoms. The van der Waals surface area contributed by atoms with Gasteiger partial charge in [-0.1, -0.05) is 74.9 Å². The molecule has 0 bridgehead atoms. The van der Waals surface area contributed by atoms with Gasteiger partial charge in [0.1, 0.15) is 0 Å². The van der Waals surface area contributed by atoms with E-state index in [1.807, 2.05) is 13.8 Å². The third kappa shape index (κ3) is 6.61. The summed E-state index contributed by atoms with van der Waals surface area (Å²) in [4.78, 5) is -0.0120. The first-order valence-electron chi connectivity index (χ1n) is 13.9. The molecule has 2 fully saturated rings. The smallest absolute Gasteiger partial charge is 0.232 e. The Balaban J connectivity index is 0.00000186. The number of halogens is 1. The van der Waals surface area contributed by atoms with Crippen molar-refractivity contribution in [3.05, 3.63) is 88.7 Å². The van der Waals surface area contributed by atoms with E-state index in [4.69, 9.17) is 0 Å². The van der Waals surface area contributed by atoms with Gasteiger partial charge in [0.05, 0.1) is 11.0 Å². The molecule has 3 aliphatic carbocycles. The van der Waals surface area contributed by atoms with Gasteiger partial charge in [-0.15, -0.1) is 0 Å². The summed E-state index contributed by atoms with van der Waals surface area (Å²) < 4.78 is 39.7. The number of hydrogen-bond acceptors (Lipinski definition) is 3. The van der Waals surface area contributed by atoms with E-state index in [1.54, 1.807) is 18.2 Å². The van der Waals surface area contributed by atoms with Gasteiger partial charge in [-0.25, -0.2) is 8.42 Å². The molecule has 0 aromatic heterocycles. The van der Waals surface area contributed by atoms with Gasteiger partial charge in [-0.3, -0.25) is 0 Å². The number of aliphatic hydroxyl groups excluding tert-OH is 1. The van der Waals surface area contributed by atoms with Crippen LogP contribution in [-0.2, 0) is 9.84 Å². The maximum atomic E-state index is 14.7. The zero-order valence-electron chi connectivity index (χ0n) is 22.7. The molecule has 1 N–H and O–H groups in total.